The predicted octanol–water partition coefficient (Wildman–Crippen LogP) is 2.73. The molecule has 0 aromatic heterocycles. The number of sulfonamides is 1. The fraction of sp³-hybridized carbons (Fsp3) is 0.412. The van der Waals surface area contributed by atoms with E-state index in [2.05, 4.69) is 9.88 Å². The second kappa shape index (κ2) is 7.69. The van der Waals surface area contributed by atoms with Gasteiger partial charge < -0.3 is 9.94 Å². The number of Topliss-reactive ketones (excluding diaryl/α,β-unsaturated/α-hetero) is 1. The van der Waals surface area contributed by atoms with E-state index >= 15 is 0 Å². The quantitative estimate of drug-likeness (QED) is 0.595. The van der Waals surface area contributed by atoms with Gasteiger partial charge in [-0.2, -0.15) is 0 Å². The SMILES string of the molecule is CC/C(=N\OC)C1=C(O)CC(c2ccc(NS(C)(=O)=O)cc2)CC1=O. The molecule has 0 fully saturated rings. The molecule has 25 heavy (non-hydrogen) atoms. The Kier molecular flexibility index (Phi) is 5.84. The van der Waals surface area contributed by atoms with Gasteiger partial charge in [-0.15, -0.1) is 0 Å². The van der Waals surface area contributed by atoms with Gasteiger partial charge in [0.25, 0.3) is 0 Å². The van der Waals surface area contributed by atoms with Crippen molar-refractivity contribution in [2.24, 2.45) is 5.16 Å². The molecule has 136 valence electrons. The van der Waals surface area contributed by atoms with Crippen molar-refractivity contribution in [1.29, 1.82) is 0 Å². The van der Waals surface area contributed by atoms with Gasteiger partial charge in [0.15, 0.2) is 5.78 Å². The first-order chi connectivity index (χ1) is 11.7. The van der Waals surface area contributed by atoms with Gasteiger partial charge in [-0.05, 0) is 30.0 Å². The van der Waals surface area contributed by atoms with Crippen molar-refractivity contribution in [2.75, 3.05) is 18.1 Å². The van der Waals surface area contributed by atoms with Crippen LogP contribution in [0.25, 0.3) is 0 Å². The molecule has 7 nitrogen and oxygen atoms in total. The maximum absolute atomic E-state index is 12.5. The van der Waals surface area contributed by atoms with Crippen LogP contribution in [0.3, 0.4) is 0 Å². The smallest absolute Gasteiger partial charge is 0.229 e. The fourth-order valence-corrected chi connectivity index (χ4v) is 3.46. The molecule has 1 aliphatic rings. The van der Waals surface area contributed by atoms with Crippen molar-refractivity contribution in [3.05, 3.63) is 41.2 Å². The van der Waals surface area contributed by atoms with Gasteiger partial charge in [-0.25, -0.2) is 8.42 Å². The van der Waals surface area contributed by atoms with Crippen molar-refractivity contribution in [3.8, 4) is 0 Å². The van der Waals surface area contributed by atoms with Gasteiger partial charge in [-0.3, -0.25) is 9.52 Å². The second-order valence-electron chi connectivity index (χ2n) is 5.92. The van der Waals surface area contributed by atoms with Crippen LogP contribution in [0.15, 0.2) is 40.8 Å². The minimum absolute atomic E-state index is 0.0113. The summed E-state index contributed by atoms with van der Waals surface area (Å²) in [7, 11) is -1.94. The molecule has 0 spiro atoms. The molecular formula is C17H22N2O5S. The first-order valence-corrected chi connectivity index (χ1v) is 9.77. The van der Waals surface area contributed by atoms with Crippen molar-refractivity contribution in [1.82, 2.24) is 0 Å². The number of aliphatic hydroxyl groups excluding tert-OH is 1. The van der Waals surface area contributed by atoms with E-state index in [9.17, 15) is 18.3 Å². The molecule has 1 atom stereocenters. The Labute approximate surface area is 147 Å². The van der Waals surface area contributed by atoms with Crippen LogP contribution in [0.2, 0.25) is 0 Å². The van der Waals surface area contributed by atoms with Crippen molar-refractivity contribution >= 4 is 27.2 Å². The van der Waals surface area contributed by atoms with Crippen LogP contribution in [0.5, 0.6) is 0 Å². The molecular weight excluding hydrogens is 344 g/mol. The summed E-state index contributed by atoms with van der Waals surface area (Å²) in [6.45, 7) is 1.84. The van der Waals surface area contributed by atoms with Crippen LogP contribution in [-0.4, -0.2) is 38.4 Å². The van der Waals surface area contributed by atoms with Crippen molar-refractivity contribution in [3.63, 3.8) is 0 Å². The number of aliphatic hydroxyl groups is 1. The van der Waals surface area contributed by atoms with Crippen LogP contribution in [-0.2, 0) is 19.7 Å². The first kappa shape index (κ1) is 19.0. The van der Waals surface area contributed by atoms with Gasteiger partial charge in [0.1, 0.15) is 12.9 Å². The van der Waals surface area contributed by atoms with Gasteiger partial charge in [0.05, 0.1) is 17.5 Å². The predicted molar refractivity (Wildman–Crippen MR) is 96.3 cm³/mol. The van der Waals surface area contributed by atoms with Gasteiger partial charge in [0.2, 0.25) is 10.0 Å². The summed E-state index contributed by atoms with van der Waals surface area (Å²) in [5, 5.41) is 14.2. The Morgan fingerprint density at radius 2 is 1.96 bits per heavy atom. The van der Waals surface area contributed by atoms with Gasteiger partial charge >= 0.3 is 0 Å². The van der Waals surface area contributed by atoms with E-state index in [0.29, 0.717) is 24.2 Å². The topological polar surface area (TPSA) is 105 Å². The molecule has 0 aliphatic heterocycles. The summed E-state index contributed by atoms with van der Waals surface area (Å²) < 4.78 is 24.9. The standard InChI is InChI=1S/C17H22N2O5S/c1-4-14(18-24-2)17-15(20)9-12(10-16(17)21)11-5-7-13(8-6-11)19-25(3,22)23/h5-8,12,19-20H,4,9-10H2,1-3H3/b18-14+. The number of allylic oxidation sites excluding steroid dienone is 2. The maximum atomic E-state index is 12.5. The summed E-state index contributed by atoms with van der Waals surface area (Å²) in [5.74, 6) is -0.328. The summed E-state index contributed by atoms with van der Waals surface area (Å²) in [4.78, 5) is 17.2. The van der Waals surface area contributed by atoms with E-state index in [1.807, 2.05) is 6.92 Å². The second-order valence-corrected chi connectivity index (χ2v) is 7.67. The van der Waals surface area contributed by atoms with E-state index in [0.717, 1.165) is 11.8 Å². The Morgan fingerprint density at radius 1 is 1.32 bits per heavy atom. The monoisotopic (exact) mass is 366 g/mol. The third kappa shape index (κ3) is 4.82. The maximum Gasteiger partial charge on any atom is 0.229 e. The van der Waals surface area contributed by atoms with Crippen LogP contribution >= 0.6 is 0 Å². The minimum atomic E-state index is -3.33. The molecule has 0 saturated carbocycles. The molecule has 1 aromatic rings. The van der Waals surface area contributed by atoms with E-state index in [4.69, 9.17) is 4.84 Å². The average molecular weight is 366 g/mol. The third-order valence-electron chi connectivity index (χ3n) is 3.95. The highest BCUT2D eigenvalue weighted by molar-refractivity contribution is 7.92. The highest BCUT2D eigenvalue weighted by Gasteiger charge is 2.31. The van der Waals surface area contributed by atoms with Crippen molar-refractivity contribution < 1.29 is 23.2 Å². The highest BCUT2D eigenvalue weighted by Crippen LogP contribution is 2.34. The lowest BCUT2D eigenvalue weighted by Crippen LogP contribution is -2.23. The molecule has 1 aliphatic carbocycles. The number of rotatable bonds is 6. The molecule has 2 N–H and O–H groups in total. The largest absolute Gasteiger partial charge is 0.511 e. The van der Waals surface area contributed by atoms with E-state index in [1.165, 1.54) is 7.11 Å². The molecule has 0 bridgehead atoms. The number of nitrogens with zero attached hydrogens (tertiary/aromatic N) is 1. The van der Waals surface area contributed by atoms with E-state index < -0.39 is 10.0 Å². The molecule has 0 saturated heterocycles. The molecule has 0 amide bonds. The third-order valence-corrected chi connectivity index (χ3v) is 4.56. The van der Waals surface area contributed by atoms with E-state index in [-0.39, 0.29) is 29.5 Å². The average Bonchev–Trinajstić information content (AvgIpc) is 2.52. The van der Waals surface area contributed by atoms with E-state index in [1.54, 1.807) is 24.3 Å². The molecule has 8 heteroatoms. The zero-order valence-electron chi connectivity index (χ0n) is 14.4. The Hall–Kier alpha value is -2.35. The number of anilines is 1. The van der Waals surface area contributed by atoms with Gasteiger partial charge in [-0.1, -0.05) is 24.2 Å². The summed E-state index contributed by atoms with van der Waals surface area (Å²) >= 11 is 0. The number of carbonyl (C=O) groups excluding carboxylic acids is 1. The lowest BCUT2D eigenvalue weighted by molar-refractivity contribution is -0.116. The Morgan fingerprint density at radius 3 is 2.44 bits per heavy atom. The molecule has 0 heterocycles. The highest BCUT2D eigenvalue weighted by atomic mass is 32.2. The molecule has 0 radical (unpaired) electrons. The lowest BCUT2D eigenvalue weighted by Gasteiger charge is -2.24. The summed E-state index contributed by atoms with van der Waals surface area (Å²) in [6, 6.07) is 6.80. The number of hydrogen-bond acceptors (Lipinski definition) is 6. The molecule has 1 unspecified atom stereocenters. The lowest BCUT2D eigenvalue weighted by atomic mass is 9.81. The number of oxime groups is 1. The number of benzene rings is 1. The zero-order chi connectivity index (χ0) is 18.6. The normalized spacial score (nSPS) is 19.1. The molecule has 1 aromatic carbocycles. The van der Waals surface area contributed by atoms with Crippen LogP contribution in [0.4, 0.5) is 5.69 Å². The summed E-state index contributed by atoms with van der Waals surface area (Å²) in [6.07, 6.45) is 2.14. The Bertz CT molecular complexity index is 810. The number of ketones is 1. The minimum Gasteiger partial charge on any atom is -0.511 e. The molecule has 2 rings (SSSR count). The fourth-order valence-electron chi connectivity index (χ4n) is 2.89. The van der Waals surface area contributed by atoms with Crippen LogP contribution in [0.1, 0.15) is 37.7 Å². The number of nitrogens with one attached hydrogen (secondary N) is 1. The first-order valence-electron chi connectivity index (χ1n) is 7.88. The summed E-state index contributed by atoms with van der Waals surface area (Å²) in [5.41, 5.74) is 2.00. The van der Waals surface area contributed by atoms with Crippen LogP contribution in [0, 0.1) is 0 Å². The Balaban J connectivity index is 2.23. The van der Waals surface area contributed by atoms with Gasteiger partial charge in [0, 0.05) is 18.5 Å². The zero-order valence-corrected chi connectivity index (χ0v) is 15.3. The number of hydrogen-bond donors (Lipinski definition) is 2. The van der Waals surface area contributed by atoms with Crippen LogP contribution < -0.4 is 4.72 Å². The number of carbonyl (C=O) groups is 1. The van der Waals surface area contributed by atoms with Crippen molar-refractivity contribution in [2.45, 2.75) is 32.1 Å².